The van der Waals surface area contributed by atoms with Gasteiger partial charge in [-0.15, -0.1) is 0 Å². The van der Waals surface area contributed by atoms with E-state index in [0.29, 0.717) is 12.8 Å². The highest BCUT2D eigenvalue weighted by Gasteiger charge is 2.59. The highest BCUT2D eigenvalue weighted by molar-refractivity contribution is 5.93. The van der Waals surface area contributed by atoms with Crippen LogP contribution in [0.15, 0.2) is 0 Å². The lowest BCUT2D eigenvalue weighted by Gasteiger charge is -2.53. The number of nitrogens with two attached hydrogens (primary N) is 1. The van der Waals surface area contributed by atoms with Crippen molar-refractivity contribution in [1.29, 1.82) is 0 Å². The molecule has 0 unspecified atom stereocenters. The highest BCUT2D eigenvalue weighted by atomic mass is 16.6. The van der Waals surface area contributed by atoms with Crippen molar-refractivity contribution in [2.75, 3.05) is 13.2 Å². The molecule has 12 nitrogen and oxygen atoms in total. The highest BCUT2D eigenvalue weighted by Crippen LogP contribution is 2.37. The molecule has 1 aliphatic rings. The fourth-order valence-corrected chi connectivity index (χ4v) is 7.54. The van der Waals surface area contributed by atoms with Crippen molar-refractivity contribution in [3.05, 3.63) is 0 Å². The van der Waals surface area contributed by atoms with E-state index < -0.39 is 66.8 Å². The van der Waals surface area contributed by atoms with E-state index in [9.17, 15) is 34.5 Å². The summed E-state index contributed by atoms with van der Waals surface area (Å²) in [5.41, 5.74) is 7.00. The smallest absolute Gasteiger partial charge is 0.303 e. The fourth-order valence-electron chi connectivity index (χ4n) is 7.54. The van der Waals surface area contributed by atoms with Gasteiger partial charge in [0, 0.05) is 19.4 Å². The Balaban J connectivity index is 3.21. The van der Waals surface area contributed by atoms with Gasteiger partial charge >= 0.3 is 5.97 Å². The van der Waals surface area contributed by atoms with Crippen molar-refractivity contribution in [1.82, 2.24) is 10.2 Å². The Labute approximate surface area is 326 Å². The monoisotopic (exact) mass is 770 g/mol. The molecule has 12 heteroatoms. The Kier molecular flexibility index (Phi) is 27.0. The van der Waals surface area contributed by atoms with E-state index in [4.69, 9.17) is 15.6 Å². The predicted molar refractivity (Wildman–Crippen MR) is 212 cm³/mol. The summed E-state index contributed by atoms with van der Waals surface area (Å²) in [6, 6.07) is -1.20. The molecule has 1 rings (SSSR count). The number of carboxylic acids is 1. The molecule has 0 spiro atoms. The van der Waals surface area contributed by atoms with Gasteiger partial charge in [0.15, 0.2) is 5.78 Å². The summed E-state index contributed by atoms with van der Waals surface area (Å²) >= 11 is 0. The van der Waals surface area contributed by atoms with Crippen molar-refractivity contribution in [2.45, 2.75) is 218 Å². The number of aliphatic carboxylic acids is 1. The van der Waals surface area contributed by atoms with Crippen LogP contribution in [-0.2, 0) is 23.9 Å². The number of carbonyl (C=O) groups excluding carboxylic acids is 3. The topological polar surface area (TPSA) is 200 Å². The normalized spacial score (nSPS) is 21.9. The largest absolute Gasteiger partial charge is 0.481 e. The van der Waals surface area contributed by atoms with Gasteiger partial charge in [0.25, 0.3) is 0 Å². The summed E-state index contributed by atoms with van der Waals surface area (Å²) in [4.78, 5) is 53.8. The van der Waals surface area contributed by atoms with E-state index in [1.165, 1.54) is 81.9 Å². The van der Waals surface area contributed by atoms with Crippen LogP contribution in [0, 0.1) is 11.8 Å². The number of aliphatic hydroxyl groups is 3. The van der Waals surface area contributed by atoms with Crippen molar-refractivity contribution in [3.63, 3.8) is 0 Å². The summed E-state index contributed by atoms with van der Waals surface area (Å²) in [5.74, 6) is -6.88. The maximum absolute atomic E-state index is 14.4. The number of nitrogens with one attached hydrogen (secondary N) is 1. The first kappa shape index (κ1) is 49.9. The molecule has 0 aliphatic carbocycles. The number of hydrogen-bond donors (Lipinski definition) is 6. The summed E-state index contributed by atoms with van der Waals surface area (Å²) in [5, 5.41) is 44.3. The molecule has 6 atom stereocenters. The third kappa shape index (κ3) is 19.2. The Morgan fingerprint density at radius 3 is 1.61 bits per heavy atom. The molecule has 316 valence electrons. The lowest BCUT2D eigenvalue weighted by Crippen LogP contribution is -2.76. The minimum absolute atomic E-state index is 0.104. The molecule has 1 saturated heterocycles. The third-order valence-corrected chi connectivity index (χ3v) is 10.7. The van der Waals surface area contributed by atoms with Crippen molar-refractivity contribution in [3.8, 4) is 0 Å². The number of rotatable bonds is 33. The number of Topliss-reactive ketones (excluding diaryl/α,β-unsaturated/α-hetero) is 1. The minimum Gasteiger partial charge on any atom is -0.481 e. The van der Waals surface area contributed by atoms with Gasteiger partial charge in [0.1, 0.15) is 18.1 Å². The first-order valence-corrected chi connectivity index (χ1v) is 21.6. The van der Waals surface area contributed by atoms with Crippen LogP contribution in [0.4, 0.5) is 0 Å². The second-order valence-corrected chi connectivity index (χ2v) is 16.1. The molecule has 54 heavy (non-hydrogen) atoms. The number of aliphatic hydroxyl groups excluding tert-OH is 3. The van der Waals surface area contributed by atoms with E-state index in [2.05, 4.69) is 19.2 Å². The molecule has 0 radical (unpaired) electrons. The fraction of sp³-hybridized carbons (Fsp3) is 0.905. The van der Waals surface area contributed by atoms with Gasteiger partial charge in [-0.3, -0.25) is 24.9 Å². The molecule has 1 aliphatic heterocycles. The molecule has 0 bridgehead atoms. The number of carboxylic acid groups (broad SMARTS) is 1. The molecule has 0 saturated carbocycles. The molecule has 0 aromatic heterocycles. The minimum atomic E-state index is -2.22. The van der Waals surface area contributed by atoms with Crippen LogP contribution in [-0.4, -0.2) is 92.2 Å². The van der Waals surface area contributed by atoms with E-state index in [1.807, 2.05) is 13.8 Å². The van der Waals surface area contributed by atoms with E-state index in [0.717, 1.165) is 44.9 Å². The zero-order valence-corrected chi connectivity index (χ0v) is 34.4. The number of unbranched alkanes of at least 4 members (excludes halogenated alkanes) is 19. The van der Waals surface area contributed by atoms with E-state index in [-0.39, 0.29) is 37.6 Å². The Morgan fingerprint density at radius 2 is 1.17 bits per heavy atom. The van der Waals surface area contributed by atoms with Gasteiger partial charge < -0.3 is 35.4 Å². The molecule has 1 heterocycles. The Morgan fingerprint density at radius 1 is 0.704 bits per heavy atom. The lowest BCUT2D eigenvalue weighted by molar-refractivity contribution is -0.292. The molecular weight excluding hydrogens is 690 g/mol. The number of amides is 2. The SMILES string of the molecule is CCCCCCCCCCCCCC(=O)N(CCCCCCCCCCCC)[C@]1(N)O[C@H](CO)[C@@H](O)[C@H](O)[C@H]1C(=O)[C@H](CC(C)C)NC(=O)CCC(=O)O. The summed E-state index contributed by atoms with van der Waals surface area (Å²) < 4.78 is 6.12. The number of ketones is 1. The van der Waals surface area contributed by atoms with Crippen LogP contribution in [0.5, 0.6) is 0 Å². The van der Waals surface area contributed by atoms with Crippen LogP contribution in [0.3, 0.4) is 0 Å². The van der Waals surface area contributed by atoms with Crippen LogP contribution in [0.2, 0.25) is 0 Å². The molecule has 0 aromatic rings. The van der Waals surface area contributed by atoms with Crippen molar-refractivity contribution < 1.29 is 44.3 Å². The zero-order valence-electron chi connectivity index (χ0n) is 34.4. The number of carbonyl (C=O) groups is 4. The summed E-state index contributed by atoms with van der Waals surface area (Å²) in [7, 11) is 0. The quantitative estimate of drug-likeness (QED) is 0.0307. The van der Waals surface area contributed by atoms with Crippen molar-refractivity contribution in [2.24, 2.45) is 17.6 Å². The summed E-state index contributed by atoms with van der Waals surface area (Å²) in [6.07, 6.45) is 17.7. The van der Waals surface area contributed by atoms with E-state index in [1.54, 1.807) is 0 Å². The second kappa shape index (κ2) is 29.2. The standard InChI is InChI=1S/C42H79N3O9/c1-5-7-9-11-13-15-17-18-20-22-24-26-36(48)45(29-25-23-21-19-16-14-12-10-8-6-2)42(43)38(41(53)40(52)34(31-46)54-42)39(51)33(30-32(3)4)44-35(47)27-28-37(49)50/h32-34,38,40-41,46,52-53H,5-31,43H2,1-4H3,(H,44,47)(H,49,50)/t33-,34+,38+,40+,41+,42-/m0/s1. The van der Waals surface area contributed by atoms with Gasteiger partial charge in [0.05, 0.1) is 25.2 Å². The average Bonchev–Trinajstić information content (AvgIpc) is 3.12. The van der Waals surface area contributed by atoms with Crippen molar-refractivity contribution >= 4 is 23.6 Å². The Bertz CT molecular complexity index is 1040. The first-order chi connectivity index (χ1) is 25.8. The van der Waals surface area contributed by atoms with Gasteiger partial charge in [-0.25, -0.2) is 0 Å². The predicted octanol–water partition coefficient (Wildman–Crippen LogP) is 6.74. The molecule has 0 aromatic carbocycles. The van der Waals surface area contributed by atoms with Gasteiger partial charge in [-0.1, -0.05) is 150 Å². The number of ether oxygens (including phenoxy) is 1. The maximum Gasteiger partial charge on any atom is 0.303 e. The Hall–Kier alpha value is -2.12. The van der Waals surface area contributed by atoms with Gasteiger partial charge in [-0.2, -0.15) is 0 Å². The molecule has 2 amide bonds. The summed E-state index contributed by atoms with van der Waals surface area (Å²) in [6.45, 7) is 7.55. The second-order valence-electron chi connectivity index (χ2n) is 16.1. The number of nitrogens with zero attached hydrogens (tertiary/aromatic N) is 1. The van der Waals surface area contributed by atoms with Crippen LogP contribution in [0.25, 0.3) is 0 Å². The van der Waals surface area contributed by atoms with Crippen LogP contribution < -0.4 is 11.1 Å². The lowest BCUT2D eigenvalue weighted by atomic mass is 9.79. The molecule has 7 N–H and O–H groups in total. The van der Waals surface area contributed by atoms with E-state index >= 15 is 0 Å². The van der Waals surface area contributed by atoms with Crippen LogP contribution in [0.1, 0.15) is 188 Å². The first-order valence-electron chi connectivity index (χ1n) is 21.6. The number of hydrogen-bond acceptors (Lipinski definition) is 9. The van der Waals surface area contributed by atoms with Gasteiger partial charge in [0.2, 0.25) is 17.7 Å². The molecular formula is C42H79N3O9. The van der Waals surface area contributed by atoms with Crippen LogP contribution >= 0.6 is 0 Å². The molecule has 1 fully saturated rings. The third-order valence-electron chi connectivity index (χ3n) is 10.7. The zero-order chi connectivity index (χ0) is 40.4. The maximum atomic E-state index is 14.4. The average molecular weight is 770 g/mol. The van der Waals surface area contributed by atoms with Gasteiger partial charge in [-0.05, 0) is 25.2 Å².